The Kier molecular flexibility index (Phi) is 3.73. The molecule has 0 aliphatic carbocycles. The number of pyridine rings is 1. The Morgan fingerprint density at radius 1 is 1.37 bits per heavy atom. The van der Waals surface area contributed by atoms with E-state index in [1.54, 1.807) is 0 Å². The van der Waals surface area contributed by atoms with Crippen LogP contribution in [0.15, 0.2) is 36.7 Å². The molecule has 2 heterocycles. The molecular weight excluding hydrogens is 238 g/mol. The third-order valence-corrected chi connectivity index (χ3v) is 3.80. The summed E-state index contributed by atoms with van der Waals surface area (Å²) in [7, 11) is 0. The van der Waals surface area contributed by atoms with Gasteiger partial charge in [0.1, 0.15) is 0 Å². The summed E-state index contributed by atoms with van der Waals surface area (Å²) in [4.78, 5) is 4.32. The number of benzene rings is 1. The Morgan fingerprint density at radius 3 is 3.05 bits per heavy atom. The first-order chi connectivity index (χ1) is 9.38. The van der Waals surface area contributed by atoms with Crippen LogP contribution in [0, 0.1) is 0 Å². The molecule has 2 aromatic rings. The van der Waals surface area contributed by atoms with Crippen molar-refractivity contribution in [3.8, 4) is 0 Å². The summed E-state index contributed by atoms with van der Waals surface area (Å²) in [5.74, 6) is 5.74. The van der Waals surface area contributed by atoms with Crippen LogP contribution in [-0.2, 0) is 4.74 Å². The number of rotatable bonds is 4. The number of fused-ring (bicyclic) bond motifs is 1. The van der Waals surface area contributed by atoms with Crippen molar-refractivity contribution in [1.29, 1.82) is 0 Å². The molecule has 1 aromatic heterocycles. The Bertz CT molecular complexity index is 547. The smallest absolute Gasteiger partial charge is 0.0594 e. The first kappa shape index (κ1) is 12.5. The number of nitrogens with one attached hydrogen (secondary N) is 1. The van der Waals surface area contributed by atoms with E-state index >= 15 is 0 Å². The van der Waals surface area contributed by atoms with E-state index in [2.05, 4.69) is 22.5 Å². The van der Waals surface area contributed by atoms with Crippen molar-refractivity contribution in [3.05, 3.63) is 42.2 Å². The van der Waals surface area contributed by atoms with Crippen molar-refractivity contribution >= 4 is 10.8 Å². The lowest BCUT2D eigenvalue weighted by Crippen LogP contribution is -2.31. The standard InChI is InChI=1S/C15H19N3O/c16-18-15(8-12-5-3-7-19-12)14-10-17-9-11-4-1-2-6-13(11)14/h1-2,4,6,9-10,12,15,18H,3,5,7-8,16H2. The third-order valence-electron chi connectivity index (χ3n) is 3.80. The fourth-order valence-electron chi connectivity index (χ4n) is 2.80. The van der Waals surface area contributed by atoms with E-state index in [9.17, 15) is 0 Å². The highest BCUT2D eigenvalue weighted by molar-refractivity contribution is 5.85. The first-order valence-electron chi connectivity index (χ1n) is 6.79. The molecule has 2 atom stereocenters. The molecule has 0 radical (unpaired) electrons. The molecule has 0 bridgehead atoms. The molecule has 19 heavy (non-hydrogen) atoms. The summed E-state index contributed by atoms with van der Waals surface area (Å²) in [5.41, 5.74) is 4.07. The lowest BCUT2D eigenvalue weighted by molar-refractivity contribution is 0.0947. The van der Waals surface area contributed by atoms with Gasteiger partial charge in [-0.15, -0.1) is 0 Å². The van der Waals surface area contributed by atoms with Gasteiger partial charge in [-0.2, -0.15) is 0 Å². The zero-order valence-corrected chi connectivity index (χ0v) is 10.9. The molecule has 0 spiro atoms. The molecule has 4 nitrogen and oxygen atoms in total. The van der Waals surface area contributed by atoms with E-state index < -0.39 is 0 Å². The maximum absolute atomic E-state index is 5.74. The molecule has 1 aromatic carbocycles. The van der Waals surface area contributed by atoms with Crippen LogP contribution in [0.1, 0.15) is 30.9 Å². The number of nitrogens with zero attached hydrogens (tertiary/aromatic N) is 1. The van der Waals surface area contributed by atoms with E-state index in [0.29, 0.717) is 6.10 Å². The SMILES string of the molecule is NNC(CC1CCCO1)c1cncc2ccccc12. The summed E-state index contributed by atoms with van der Waals surface area (Å²) in [6, 6.07) is 8.35. The minimum absolute atomic E-state index is 0.0849. The van der Waals surface area contributed by atoms with Gasteiger partial charge in [0.15, 0.2) is 0 Å². The van der Waals surface area contributed by atoms with E-state index in [0.717, 1.165) is 36.8 Å². The quantitative estimate of drug-likeness (QED) is 0.652. The molecule has 0 saturated carbocycles. The lowest BCUT2D eigenvalue weighted by Gasteiger charge is -2.21. The second-order valence-corrected chi connectivity index (χ2v) is 5.04. The minimum atomic E-state index is 0.0849. The minimum Gasteiger partial charge on any atom is -0.378 e. The molecule has 1 saturated heterocycles. The largest absolute Gasteiger partial charge is 0.378 e. The molecule has 1 aliphatic heterocycles. The predicted octanol–water partition coefficient (Wildman–Crippen LogP) is 2.31. The third kappa shape index (κ3) is 2.61. The zero-order chi connectivity index (χ0) is 13.1. The Morgan fingerprint density at radius 2 is 2.26 bits per heavy atom. The molecule has 4 heteroatoms. The monoisotopic (exact) mass is 257 g/mol. The molecule has 100 valence electrons. The topological polar surface area (TPSA) is 60.2 Å². The number of nitrogens with two attached hydrogens (primary N) is 1. The van der Waals surface area contributed by atoms with E-state index in [4.69, 9.17) is 10.6 Å². The van der Waals surface area contributed by atoms with Gasteiger partial charge in [0.25, 0.3) is 0 Å². The fourth-order valence-corrected chi connectivity index (χ4v) is 2.80. The van der Waals surface area contributed by atoms with Crippen molar-refractivity contribution in [2.45, 2.75) is 31.4 Å². The highest BCUT2D eigenvalue weighted by Crippen LogP contribution is 2.28. The predicted molar refractivity (Wildman–Crippen MR) is 75.4 cm³/mol. The van der Waals surface area contributed by atoms with Crippen molar-refractivity contribution in [2.75, 3.05) is 6.61 Å². The van der Waals surface area contributed by atoms with Crippen molar-refractivity contribution in [1.82, 2.24) is 10.4 Å². The van der Waals surface area contributed by atoms with Crippen LogP contribution < -0.4 is 11.3 Å². The lowest BCUT2D eigenvalue weighted by atomic mass is 9.97. The Labute approximate surface area is 112 Å². The highest BCUT2D eigenvalue weighted by Gasteiger charge is 2.22. The van der Waals surface area contributed by atoms with Crippen LogP contribution >= 0.6 is 0 Å². The van der Waals surface area contributed by atoms with Crippen LogP contribution in [0.5, 0.6) is 0 Å². The van der Waals surface area contributed by atoms with Gasteiger partial charge in [-0.25, -0.2) is 0 Å². The molecule has 0 amide bonds. The van der Waals surface area contributed by atoms with Gasteiger partial charge < -0.3 is 4.74 Å². The van der Waals surface area contributed by atoms with Crippen LogP contribution in [0.2, 0.25) is 0 Å². The maximum atomic E-state index is 5.74. The number of aromatic nitrogens is 1. The van der Waals surface area contributed by atoms with Crippen molar-refractivity contribution < 1.29 is 4.74 Å². The van der Waals surface area contributed by atoms with E-state index in [1.165, 1.54) is 5.39 Å². The average Bonchev–Trinajstić information content (AvgIpc) is 2.97. The number of hydrogen-bond donors (Lipinski definition) is 2. The van der Waals surface area contributed by atoms with Gasteiger partial charge in [-0.3, -0.25) is 16.3 Å². The summed E-state index contributed by atoms with van der Waals surface area (Å²) >= 11 is 0. The highest BCUT2D eigenvalue weighted by atomic mass is 16.5. The van der Waals surface area contributed by atoms with Gasteiger partial charge in [-0.1, -0.05) is 24.3 Å². The Balaban J connectivity index is 1.91. The number of hydrogen-bond acceptors (Lipinski definition) is 4. The van der Waals surface area contributed by atoms with Gasteiger partial charge in [-0.05, 0) is 30.2 Å². The van der Waals surface area contributed by atoms with E-state index in [-0.39, 0.29) is 6.04 Å². The van der Waals surface area contributed by atoms with Crippen LogP contribution in [0.4, 0.5) is 0 Å². The number of hydrazine groups is 1. The van der Waals surface area contributed by atoms with Crippen molar-refractivity contribution in [3.63, 3.8) is 0 Å². The van der Waals surface area contributed by atoms with Gasteiger partial charge in [0, 0.05) is 24.4 Å². The normalized spacial score (nSPS) is 20.8. The van der Waals surface area contributed by atoms with Gasteiger partial charge >= 0.3 is 0 Å². The fraction of sp³-hybridized carbons (Fsp3) is 0.400. The molecule has 2 unspecified atom stereocenters. The second-order valence-electron chi connectivity index (χ2n) is 5.04. The molecule has 3 N–H and O–H groups in total. The summed E-state index contributed by atoms with van der Waals surface area (Å²) < 4.78 is 5.70. The van der Waals surface area contributed by atoms with E-state index in [1.807, 2.05) is 24.5 Å². The molecule has 1 fully saturated rings. The summed E-state index contributed by atoms with van der Waals surface area (Å²) in [6.07, 6.45) is 7.26. The van der Waals surface area contributed by atoms with Gasteiger partial charge in [0.2, 0.25) is 0 Å². The number of ether oxygens (including phenoxy) is 1. The maximum Gasteiger partial charge on any atom is 0.0594 e. The molecule has 1 aliphatic rings. The van der Waals surface area contributed by atoms with Crippen LogP contribution in [0.25, 0.3) is 10.8 Å². The average molecular weight is 257 g/mol. The molecule has 3 rings (SSSR count). The zero-order valence-electron chi connectivity index (χ0n) is 10.9. The summed E-state index contributed by atoms with van der Waals surface area (Å²) in [6.45, 7) is 0.871. The van der Waals surface area contributed by atoms with Crippen molar-refractivity contribution in [2.24, 2.45) is 5.84 Å². The summed E-state index contributed by atoms with van der Waals surface area (Å²) in [5, 5.41) is 2.35. The molecular formula is C15H19N3O. The van der Waals surface area contributed by atoms with Crippen LogP contribution in [-0.4, -0.2) is 17.7 Å². The van der Waals surface area contributed by atoms with Crippen LogP contribution in [0.3, 0.4) is 0 Å². The first-order valence-corrected chi connectivity index (χ1v) is 6.79. The Hall–Kier alpha value is -1.49. The van der Waals surface area contributed by atoms with Gasteiger partial charge in [0.05, 0.1) is 12.1 Å². The second kappa shape index (κ2) is 5.65.